The van der Waals surface area contributed by atoms with Crippen LogP contribution in [0.2, 0.25) is 10.0 Å². The van der Waals surface area contributed by atoms with Crippen LogP contribution in [-0.4, -0.2) is 30.4 Å². The molecule has 162 valence electrons. The fourth-order valence-corrected chi connectivity index (χ4v) is 4.49. The van der Waals surface area contributed by atoms with E-state index in [0.717, 1.165) is 57.4 Å². The fourth-order valence-electron chi connectivity index (χ4n) is 3.98. The summed E-state index contributed by atoms with van der Waals surface area (Å²) < 4.78 is 0. The Balaban J connectivity index is 1.36. The third-order valence-electron chi connectivity index (χ3n) is 5.99. The average Bonchev–Trinajstić information content (AvgIpc) is 2.74. The SMILES string of the molecule is CC(C)c1ccc(CCCNC(=O)C2CCN(Cc3c(Cl)cccc3Cl)CC2)cc1. The maximum absolute atomic E-state index is 12.5. The van der Waals surface area contributed by atoms with Gasteiger partial charge in [-0.25, -0.2) is 0 Å². The highest BCUT2D eigenvalue weighted by Gasteiger charge is 2.25. The van der Waals surface area contributed by atoms with Crippen molar-refractivity contribution in [1.82, 2.24) is 10.2 Å². The van der Waals surface area contributed by atoms with E-state index >= 15 is 0 Å². The van der Waals surface area contributed by atoms with Crippen molar-refractivity contribution in [3.63, 3.8) is 0 Å². The van der Waals surface area contributed by atoms with E-state index in [1.165, 1.54) is 11.1 Å². The van der Waals surface area contributed by atoms with Gasteiger partial charge >= 0.3 is 0 Å². The van der Waals surface area contributed by atoms with Crippen LogP contribution in [0.1, 0.15) is 55.7 Å². The van der Waals surface area contributed by atoms with Gasteiger partial charge in [0.25, 0.3) is 0 Å². The van der Waals surface area contributed by atoms with E-state index in [1.807, 2.05) is 18.2 Å². The van der Waals surface area contributed by atoms with Crippen LogP contribution in [0, 0.1) is 5.92 Å². The van der Waals surface area contributed by atoms with E-state index in [9.17, 15) is 4.79 Å². The Kier molecular flexibility index (Phi) is 8.61. The molecule has 3 nitrogen and oxygen atoms in total. The quantitative estimate of drug-likeness (QED) is 0.498. The molecule has 0 unspecified atom stereocenters. The van der Waals surface area contributed by atoms with E-state index in [0.29, 0.717) is 16.0 Å². The summed E-state index contributed by atoms with van der Waals surface area (Å²) in [7, 11) is 0. The van der Waals surface area contributed by atoms with E-state index in [1.54, 1.807) is 0 Å². The van der Waals surface area contributed by atoms with Gasteiger partial charge in [-0.2, -0.15) is 0 Å². The first-order valence-corrected chi connectivity index (χ1v) is 11.7. The van der Waals surface area contributed by atoms with Crippen LogP contribution in [-0.2, 0) is 17.8 Å². The Hall–Kier alpha value is -1.55. The van der Waals surface area contributed by atoms with Crippen LogP contribution in [0.15, 0.2) is 42.5 Å². The lowest BCUT2D eigenvalue weighted by atomic mass is 9.95. The number of hydrogen-bond donors (Lipinski definition) is 1. The molecule has 2 aromatic rings. The van der Waals surface area contributed by atoms with Crippen LogP contribution in [0.3, 0.4) is 0 Å². The third kappa shape index (κ3) is 6.47. The predicted molar refractivity (Wildman–Crippen MR) is 126 cm³/mol. The Morgan fingerprint density at radius 2 is 1.70 bits per heavy atom. The van der Waals surface area contributed by atoms with E-state index in [-0.39, 0.29) is 11.8 Å². The minimum Gasteiger partial charge on any atom is -0.356 e. The summed E-state index contributed by atoms with van der Waals surface area (Å²) in [5.41, 5.74) is 3.68. The summed E-state index contributed by atoms with van der Waals surface area (Å²) in [6.07, 6.45) is 3.72. The molecule has 0 bridgehead atoms. The second-order valence-corrected chi connectivity index (χ2v) is 9.36. The minimum atomic E-state index is 0.105. The number of carbonyl (C=O) groups is 1. The monoisotopic (exact) mass is 446 g/mol. The van der Waals surface area contributed by atoms with Crippen LogP contribution < -0.4 is 5.32 Å². The number of aryl methyl sites for hydroxylation is 1. The molecule has 1 amide bonds. The third-order valence-corrected chi connectivity index (χ3v) is 6.70. The van der Waals surface area contributed by atoms with Crippen molar-refractivity contribution in [2.75, 3.05) is 19.6 Å². The van der Waals surface area contributed by atoms with Gasteiger partial charge < -0.3 is 5.32 Å². The van der Waals surface area contributed by atoms with Crippen molar-refractivity contribution in [2.45, 2.75) is 52.0 Å². The predicted octanol–water partition coefficient (Wildman–Crippen LogP) is 6.08. The smallest absolute Gasteiger partial charge is 0.223 e. The highest BCUT2D eigenvalue weighted by molar-refractivity contribution is 6.35. The molecule has 1 N–H and O–H groups in total. The number of likely N-dealkylation sites (tertiary alicyclic amines) is 1. The van der Waals surface area contributed by atoms with E-state index < -0.39 is 0 Å². The molecule has 0 spiro atoms. The topological polar surface area (TPSA) is 32.3 Å². The van der Waals surface area contributed by atoms with Crippen molar-refractivity contribution >= 4 is 29.1 Å². The number of nitrogens with one attached hydrogen (secondary N) is 1. The Bertz CT molecular complexity index is 807. The van der Waals surface area contributed by atoms with Gasteiger partial charge in [-0.15, -0.1) is 0 Å². The number of halogens is 2. The second-order valence-electron chi connectivity index (χ2n) is 8.54. The van der Waals surface area contributed by atoms with E-state index in [2.05, 4.69) is 48.3 Å². The number of amides is 1. The standard InChI is InChI=1S/C25H32Cl2N2O/c1-18(2)20-10-8-19(9-11-20)5-4-14-28-25(30)21-12-15-29(16-13-21)17-22-23(26)6-3-7-24(22)27/h3,6-11,18,21H,4-5,12-17H2,1-2H3,(H,28,30). The summed E-state index contributed by atoms with van der Waals surface area (Å²) in [5, 5.41) is 4.55. The van der Waals surface area contributed by atoms with Gasteiger partial charge in [-0.3, -0.25) is 9.69 Å². The van der Waals surface area contributed by atoms with Crippen LogP contribution in [0.25, 0.3) is 0 Å². The van der Waals surface area contributed by atoms with Gasteiger partial charge in [0.2, 0.25) is 5.91 Å². The average molecular weight is 447 g/mol. The van der Waals surface area contributed by atoms with Crippen LogP contribution in [0.5, 0.6) is 0 Å². The van der Waals surface area contributed by atoms with Crippen LogP contribution >= 0.6 is 23.2 Å². The summed E-state index contributed by atoms with van der Waals surface area (Å²) in [6, 6.07) is 14.5. The molecule has 1 aliphatic heterocycles. The van der Waals surface area contributed by atoms with Gasteiger partial charge in [-0.1, -0.05) is 67.4 Å². The number of benzene rings is 2. The number of carbonyl (C=O) groups excluding carboxylic acids is 1. The Labute approximate surface area is 190 Å². The van der Waals surface area contributed by atoms with Gasteiger partial charge in [0, 0.05) is 34.6 Å². The molecule has 2 aromatic carbocycles. The highest BCUT2D eigenvalue weighted by atomic mass is 35.5. The van der Waals surface area contributed by atoms with Crippen LogP contribution in [0.4, 0.5) is 0 Å². The van der Waals surface area contributed by atoms with Crippen molar-refractivity contribution in [2.24, 2.45) is 5.92 Å². The summed E-state index contributed by atoms with van der Waals surface area (Å²) in [4.78, 5) is 14.9. The molecule has 1 saturated heterocycles. The number of rotatable bonds is 8. The molecule has 1 heterocycles. The molecule has 3 rings (SSSR count). The summed E-state index contributed by atoms with van der Waals surface area (Å²) >= 11 is 12.6. The molecule has 0 radical (unpaired) electrons. The molecular weight excluding hydrogens is 415 g/mol. The summed E-state index contributed by atoms with van der Waals surface area (Å²) in [6.45, 7) is 7.67. The first kappa shape index (κ1) is 23.1. The lowest BCUT2D eigenvalue weighted by Crippen LogP contribution is -2.40. The lowest BCUT2D eigenvalue weighted by molar-refractivity contribution is -0.126. The normalized spacial score (nSPS) is 15.5. The first-order valence-electron chi connectivity index (χ1n) is 11.0. The molecule has 30 heavy (non-hydrogen) atoms. The Morgan fingerprint density at radius 3 is 2.30 bits per heavy atom. The number of nitrogens with zero attached hydrogens (tertiary/aromatic N) is 1. The highest BCUT2D eigenvalue weighted by Crippen LogP contribution is 2.27. The van der Waals surface area contributed by atoms with Gasteiger partial charge in [-0.05, 0) is 68.0 Å². The Morgan fingerprint density at radius 1 is 1.07 bits per heavy atom. The molecule has 0 aliphatic carbocycles. The largest absolute Gasteiger partial charge is 0.356 e. The maximum Gasteiger partial charge on any atom is 0.223 e. The van der Waals surface area contributed by atoms with Crippen molar-refractivity contribution in [3.8, 4) is 0 Å². The zero-order chi connectivity index (χ0) is 21.5. The minimum absolute atomic E-state index is 0.105. The first-order chi connectivity index (χ1) is 14.4. The number of piperidine rings is 1. The number of hydrogen-bond acceptors (Lipinski definition) is 2. The molecule has 0 aromatic heterocycles. The lowest BCUT2D eigenvalue weighted by Gasteiger charge is -2.31. The maximum atomic E-state index is 12.5. The summed E-state index contributed by atoms with van der Waals surface area (Å²) in [5.74, 6) is 0.861. The molecular formula is C25H32Cl2N2O. The van der Waals surface area contributed by atoms with Crippen molar-refractivity contribution < 1.29 is 4.79 Å². The van der Waals surface area contributed by atoms with Crippen molar-refractivity contribution in [1.29, 1.82) is 0 Å². The molecule has 0 saturated carbocycles. The molecule has 0 atom stereocenters. The second kappa shape index (κ2) is 11.2. The molecule has 5 heteroatoms. The van der Waals surface area contributed by atoms with Gasteiger partial charge in [0.05, 0.1) is 0 Å². The van der Waals surface area contributed by atoms with E-state index in [4.69, 9.17) is 23.2 Å². The van der Waals surface area contributed by atoms with Gasteiger partial charge in [0.15, 0.2) is 0 Å². The van der Waals surface area contributed by atoms with Gasteiger partial charge in [0.1, 0.15) is 0 Å². The zero-order valence-electron chi connectivity index (χ0n) is 18.0. The molecule has 1 aliphatic rings. The zero-order valence-corrected chi connectivity index (χ0v) is 19.5. The molecule has 1 fully saturated rings. The van der Waals surface area contributed by atoms with Crippen molar-refractivity contribution in [3.05, 3.63) is 69.2 Å². The fraction of sp³-hybridized carbons (Fsp3) is 0.480.